The van der Waals surface area contributed by atoms with Gasteiger partial charge in [0.25, 0.3) is 0 Å². The lowest BCUT2D eigenvalue weighted by Gasteiger charge is -2.37. The second-order valence-electron chi connectivity index (χ2n) is 6.18. The van der Waals surface area contributed by atoms with E-state index in [9.17, 15) is 14.4 Å². The molecule has 0 saturated carbocycles. The highest BCUT2D eigenvalue weighted by molar-refractivity contribution is 6.41. The summed E-state index contributed by atoms with van der Waals surface area (Å²) in [5, 5.41) is 5.79. The Labute approximate surface area is 139 Å². The van der Waals surface area contributed by atoms with Crippen LogP contribution in [0.25, 0.3) is 0 Å². The smallest absolute Gasteiger partial charge is 0.313 e. The first-order valence-corrected chi connectivity index (χ1v) is 7.98. The summed E-state index contributed by atoms with van der Waals surface area (Å²) in [7, 11) is 0. The van der Waals surface area contributed by atoms with Crippen LogP contribution in [0.3, 0.4) is 0 Å². The minimum atomic E-state index is -0.685. The Hall–Kier alpha value is -2.08. The fourth-order valence-corrected chi connectivity index (χ4v) is 3.35. The molecule has 2 aliphatic rings. The van der Waals surface area contributed by atoms with Gasteiger partial charge in [-0.1, -0.05) is 23.7 Å². The molecule has 2 N–H and O–H groups in total. The second kappa shape index (κ2) is 6.20. The molecule has 0 aliphatic carbocycles. The highest BCUT2D eigenvalue weighted by Gasteiger charge is 2.42. The Bertz CT molecular complexity index is 654. The molecule has 23 heavy (non-hydrogen) atoms. The molecule has 2 aliphatic heterocycles. The van der Waals surface area contributed by atoms with Gasteiger partial charge in [0.1, 0.15) is 0 Å². The lowest BCUT2D eigenvalue weighted by molar-refractivity contribution is -0.144. The Kier molecular flexibility index (Phi) is 4.26. The van der Waals surface area contributed by atoms with Crippen molar-refractivity contribution < 1.29 is 14.4 Å². The number of carbonyl (C=O) groups is 3. The number of nitrogens with one attached hydrogen (secondary N) is 2. The molecule has 2 heterocycles. The maximum atomic E-state index is 12.3. The molecule has 3 amide bonds. The maximum absolute atomic E-state index is 12.3. The van der Waals surface area contributed by atoms with Crippen molar-refractivity contribution in [2.75, 3.05) is 25.0 Å². The Morgan fingerprint density at radius 2 is 1.91 bits per heavy atom. The first-order chi connectivity index (χ1) is 11.0. The summed E-state index contributed by atoms with van der Waals surface area (Å²) in [6.07, 6.45) is 1.98. The number of halogens is 1. The predicted molar refractivity (Wildman–Crippen MR) is 86.0 cm³/mol. The SMILES string of the molecule is O=C1CC2(CCN(C(=O)C(=O)Nc3ccccc3Cl)CC2)CN1. The summed E-state index contributed by atoms with van der Waals surface area (Å²) in [6, 6.07) is 6.78. The third kappa shape index (κ3) is 3.32. The molecular formula is C16H18ClN3O3. The van der Waals surface area contributed by atoms with Gasteiger partial charge in [0.05, 0.1) is 10.7 Å². The number of piperidine rings is 1. The molecule has 3 rings (SSSR count). The number of benzene rings is 1. The lowest BCUT2D eigenvalue weighted by Crippen LogP contribution is -2.47. The van der Waals surface area contributed by atoms with E-state index in [2.05, 4.69) is 10.6 Å². The highest BCUT2D eigenvalue weighted by atomic mass is 35.5. The van der Waals surface area contributed by atoms with E-state index in [0.717, 1.165) is 12.8 Å². The van der Waals surface area contributed by atoms with E-state index in [0.29, 0.717) is 36.8 Å². The van der Waals surface area contributed by atoms with Gasteiger partial charge in [-0.2, -0.15) is 0 Å². The van der Waals surface area contributed by atoms with Crippen LogP contribution in [0.2, 0.25) is 5.02 Å². The number of carbonyl (C=O) groups excluding carboxylic acids is 3. The van der Waals surface area contributed by atoms with Crippen molar-refractivity contribution in [2.24, 2.45) is 5.41 Å². The van der Waals surface area contributed by atoms with Gasteiger partial charge in [0.2, 0.25) is 5.91 Å². The largest absolute Gasteiger partial charge is 0.356 e. The summed E-state index contributed by atoms with van der Waals surface area (Å²) in [4.78, 5) is 37.3. The molecule has 1 aromatic rings. The van der Waals surface area contributed by atoms with Crippen LogP contribution in [0.15, 0.2) is 24.3 Å². The van der Waals surface area contributed by atoms with Gasteiger partial charge in [-0.05, 0) is 30.4 Å². The van der Waals surface area contributed by atoms with Crippen LogP contribution in [0.5, 0.6) is 0 Å². The van der Waals surface area contributed by atoms with Crippen molar-refractivity contribution in [3.63, 3.8) is 0 Å². The molecule has 0 unspecified atom stereocenters. The summed E-state index contributed by atoms with van der Waals surface area (Å²) in [6.45, 7) is 1.65. The molecule has 122 valence electrons. The van der Waals surface area contributed by atoms with Crippen molar-refractivity contribution in [1.29, 1.82) is 0 Å². The third-order valence-corrected chi connectivity index (χ3v) is 4.95. The van der Waals surface area contributed by atoms with Crippen molar-refractivity contribution in [2.45, 2.75) is 19.3 Å². The lowest BCUT2D eigenvalue weighted by atomic mass is 9.77. The summed E-state index contributed by atoms with van der Waals surface area (Å²) < 4.78 is 0. The molecule has 2 fully saturated rings. The minimum Gasteiger partial charge on any atom is -0.356 e. The van der Waals surface area contributed by atoms with Crippen LogP contribution in [-0.4, -0.2) is 42.3 Å². The van der Waals surface area contributed by atoms with Crippen molar-refractivity contribution >= 4 is 35.0 Å². The number of likely N-dealkylation sites (tertiary alicyclic amines) is 1. The molecule has 2 saturated heterocycles. The number of hydrogen-bond donors (Lipinski definition) is 2. The summed E-state index contributed by atoms with van der Waals surface area (Å²) in [5.74, 6) is -1.17. The van der Waals surface area contributed by atoms with E-state index in [1.807, 2.05) is 0 Å². The van der Waals surface area contributed by atoms with Crippen LogP contribution in [0.4, 0.5) is 5.69 Å². The van der Waals surface area contributed by atoms with Gasteiger partial charge in [0.15, 0.2) is 0 Å². The van der Waals surface area contributed by atoms with E-state index in [1.165, 1.54) is 0 Å². The van der Waals surface area contributed by atoms with Crippen LogP contribution in [-0.2, 0) is 14.4 Å². The predicted octanol–water partition coefficient (Wildman–Crippen LogP) is 1.41. The van der Waals surface area contributed by atoms with Gasteiger partial charge < -0.3 is 15.5 Å². The van der Waals surface area contributed by atoms with E-state index in [4.69, 9.17) is 11.6 Å². The fourth-order valence-electron chi connectivity index (χ4n) is 3.17. The molecule has 1 spiro atoms. The zero-order valence-corrected chi connectivity index (χ0v) is 13.4. The maximum Gasteiger partial charge on any atom is 0.313 e. The van der Waals surface area contributed by atoms with Crippen LogP contribution in [0.1, 0.15) is 19.3 Å². The van der Waals surface area contributed by atoms with Gasteiger partial charge in [-0.25, -0.2) is 0 Å². The first kappa shape index (κ1) is 15.8. The average molecular weight is 336 g/mol. The summed E-state index contributed by atoms with van der Waals surface area (Å²) in [5.41, 5.74) is 0.374. The monoisotopic (exact) mass is 335 g/mol. The van der Waals surface area contributed by atoms with Crippen molar-refractivity contribution in [3.05, 3.63) is 29.3 Å². The van der Waals surface area contributed by atoms with Gasteiger partial charge in [-0.15, -0.1) is 0 Å². The Morgan fingerprint density at radius 1 is 1.22 bits per heavy atom. The number of anilines is 1. The highest BCUT2D eigenvalue weighted by Crippen LogP contribution is 2.37. The molecule has 0 bridgehead atoms. The molecular weight excluding hydrogens is 318 g/mol. The quantitative estimate of drug-likeness (QED) is 0.762. The zero-order valence-electron chi connectivity index (χ0n) is 12.6. The van der Waals surface area contributed by atoms with Crippen LogP contribution >= 0.6 is 11.6 Å². The van der Waals surface area contributed by atoms with E-state index in [1.54, 1.807) is 29.2 Å². The molecule has 0 radical (unpaired) electrons. The van der Waals surface area contributed by atoms with Crippen LogP contribution < -0.4 is 10.6 Å². The molecule has 6 nitrogen and oxygen atoms in total. The Morgan fingerprint density at radius 3 is 2.52 bits per heavy atom. The minimum absolute atomic E-state index is 0.0485. The van der Waals surface area contributed by atoms with Crippen molar-refractivity contribution in [1.82, 2.24) is 10.2 Å². The van der Waals surface area contributed by atoms with E-state index >= 15 is 0 Å². The topological polar surface area (TPSA) is 78.5 Å². The number of para-hydroxylation sites is 1. The molecule has 7 heteroatoms. The second-order valence-corrected chi connectivity index (χ2v) is 6.59. The van der Waals surface area contributed by atoms with Gasteiger partial charge in [-0.3, -0.25) is 14.4 Å². The van der Waals surface area contributed by atoms with Gasteiger partial charge >= 0.3 is 11.8 Å². The molecule has 0 aromatic heterocycles. The molecule has 0 atom stereocenters. The standard InChI is InChI=1S/C16H18ClN3O3/c17-11-3-1-2-4-12(11)19-14(22)15(23)20-7-5-16(6-8-20)9-13(21)18-10-16/h1-4H,5-10H2,(H,18,21)(H,19,22). The number of nitrogens with zero attached hydrogens (tertiary/aromatic N) is 1. The third-order valence-electron chi connectivity index (χ3n) is 4.62. The number of hydrogen-bond acceptors (Lipinski definition) is 3. The Balaban J connectivity index is 1.58. The van der Waals surface area contributed by atoms with Crippen LogP contribution in [0, 0.1) is 5.41 Å². The normalized spacial score (nSPS) is 19.5. The first-order valence-electron chi connectivity index (χ1n) is 7.61. The fraction of sp³-hybridized carbons (Fsp3) is 0.438. The number of amides is 3. The van der Waals surface area contributed by atoms with E-state index < -0.39 is 11.8 Å². The molecule has 1 aromatic carbocycles. The van der Waals surface area contributed by atoms with Gasteiger partial charge in [0, 0.05) is 26.1 Å². The summed E-state index contributed by atoms with van der Waals surface area (Å²) >= 11 is 5.98. The average Bonchev–Trinajstić information content (AvgIpc) is 2.90. The van der Waals surface area contributed by atoms with E-state index in [-0.39, 0.29) is 11.3 Å². The number of rotatable bonds is 1. The zero-order chi connectivity index (χ0) is 16.4. The van der Waals surface area contributed by atoms with Crippen molar-refractivity contribution in [3.8, 4) is 0 Å².